The number of benzene rings is 2. The zero-order chi connectivity index (χ0) is 19.1. The smallest absolute Gasteiger partial charge is 0.269 e. The first-order chi connectivity index (χ1) is 12.4. The van der Waals surface area contributed by atoms with E-state index in [1.54, 1.807) is 26.2 Å². The minimum atomic E-state index is -0.473. The lowest BCUT2D eigenvalue weighted by atomic mass is 10.2. The molecule has 1 amide bonds. The standard InChI is InChI=1S/C18H17N3O4S/c1-12-11-14(21(23)24)8-9-15(12)19-18(26)20-17(22)10-7-13-5-3-4-6-16(13)25-2/h3-11H,1-2H3,(H2,19,20,22,26). The fourth-order valence-electron chi connectivity index (χ4n) is 2.18. The van der Waals surface area contributed by atoms with Crippen LogP contribution in [-0.2, 0) is 4.79 Å². The van der Waals surface area contributed by atoms with Gasteiger partial charge < -0.3 is 10.1 Å². The Morgan fingerprint density at radius 1 is 1.27 bits per heavy atom. The summed E-state index contributed by atoms with van der Waals surface area (Å²) in [7, 11) is 1.55. The number of nitro groups is 1. The first-order valence-electron chi connectivity index (χ1n) is 7.59. The molecule has 0 aliphatic carbocycles. The number of nitrogens with zero attached hydrogens (tertiary/aromatic N) is 1. The Bertz CT molecular complexity index is 880. The minimum Gasteiger partial charge on any atom is -0.496 e. The van der Waals surface area contributed by atoms with Crippen molar-refractivity contribution in [2.75, 3.05) is 12.4 Å². The van der Waals surface area contributed by atoms with Crippen molar-refractivity contribution < 1.29 is 14.5 Å². The first kappa shape index (κ1) is 19.1. The SMILES string of the molecule is COc1ccccc1C=CC(=O)NC(=S)Nc1ccc([N+](=O)[O-])cc1C. The lowest BCUT2D eigenvalue weighted by Crippen LogP contribution is -2.33. The van der Waals surface area contributed by atoms with Crippen molar-refractivity contribution in [1.29, 1.82) is 0 Å². The Morgan fingerprint density at radius 3 is 2.65 bits per heavy atom. The molecule has 0 aromatic heterocycles. The number of nitrogens with one attached hydrogen (secondary N) is 2. The highest BCUT2D eigenvalue weighted by Crippen LogP contribution is 2.21. The molecular formula is C18H17N3O4S. The predicted molar refractivity (Wildman–Crippen MR) is 104 cm³/mol. The second-order valence-corrected chi connectivity index (χ2v) is 5.68. The van der Waals surface area contributed by atoms with Crippen molar-refractivity contribution in [2.45, 2.75) is 6.92 Å². The van der Waals surface area contributed by atoms with E-state index in [1.807, 2.05) is 18.2 Å². The molecule has 0 fully saturated rings. The molecule has 0 radical (unpaired) electrons. The van der Waals surface area contributed by atoms with Crippen LogP contribution in [0, 0.1) is 17.0 Å². The number of rotatable bonds is 5. The van der Waals surface area contributed by atoms with Crippen LogP contribution in [-0.4, -0.2) is 23.1 Å². The highest BCUT2D eigenvalue weighted by Gasteiger charge is 2.09. The van der Waals surface area contributed by atoms with Crippen molar-refractivity contribution in [2.24, 2.45) is 0 Å². The van der Waals surface area contributed by atoms with Crippen molar-refractivity contribution in [1.82, 2.24) is 5.32 Å². The molecule has 26 heavy (non-hydrogen) atoms. The molecule has 2 aromatic rings. The van der Waals surface area contributed by atoms with E-state index in [9.17, 15) is 14.9 Å². The molecule has 0 aliphatic heterocycles. The number of carbonyl (C=O) groups excluding carboxylic acids is 1. The van der Waals surface area contributed by atoms with E-state index in [2.05, 4.69) is 10.6 Å². The van der Waals surface area contributed by atoms with Gasteiger partial charge in [-0.1, -0.05) is 18.2 Å². The van der Waals surface area contributed by atoms with Gasteiger partial charge in [-0.3, -0.25) is 20.2 Å². The molecule has 0 unspecified atom stereocenters. The van der Waals surface area contributed by atoms with Gasteiger partial charge in [0.25, 0.3) is 5.69 Å². The predicted octanol–water partition coefficient (Wildman–Crippen LogP) is 3.44. The number of ether oxygens (including phenoxy) is 1. The number of nitro benzene ring substituents is 1. The average molecular weight is 371 g/mol. The van der Waals surface area contributed by atoms with Gasteiger partial charge in [0.05, 0.1) is 12.0 Å². The molecule has 0 bridgehead atoms. The van der Waals surface area contributed by atoms with Crippen molar-refractivity contribution in [3.8, 4) is 5.75 Å². The lowest BCUT2D eigenvalue weighted by molar-refractivity contribution is -0.384. The third kappa shape index (κ3) is 5.12. The maximum absolute atomic E-state index is 12.0. The number of non-ortho nitro benzene ring substituents is 1. The highest BCUT2D eigenvalue weighted by atomic mass is 32.1. The van der Waals surface area contributed by atoms with E-state index in [1.165, 1.54) is 24.3 Å². The number of anilines is 1. The zero-order valence-corrected chi connectivity index (χ0v) is 15.0. The quantitative estimate of drug-likeness (QED) is 0.362. The van der Waals surface area contributed by atoms with Gasteiger partial charge in [-0.2, -0.15) is 0 Å². The van der Waals surface area contributed by atoms with Gasteiger partial charge >= 0.3 is 0 Å². The minimum absolute atomic E-state index is 0.0113. The number of hydrogen-bond donors (Lipinski definition) is 2. The molecule has 2 N–H and O–H groups in total. The fraction of sp³-hybridized carbons (Fsp3) is 0.111. The van der Waals surface area contributed by atoms with E-state index in [0.717, 1.165) is 5.56 Å². The molecule has 8 heteroatoms. The molecule has 0 atom stereocenters. The van der Waals surface area contributed by atoms with Gasteiger partial charge in [-0.25, -0.2) is 0 Å². The number of hydrogen-bond acceptors (Lipinski definition) is 5. The van der Waals surface area contributed by atoms with Crippen molar-refractivity contribution in [3.63, 3.8) is 0 Å². The second kappa shape index (κ2) is 8.72. The van der Waals surface area contributed by atoms with Crippen LogP contribution in [0.1, 0.15) is 11.1 Å². The topological polar surface area (TPSA) is 93.5 Å². The number of aryl methyl sites for hydroxylation is 1. The normalized spacial score (nSPS) is 10.4. The summed E-state index contributed by atoms with van der Waals surface area (Å²) >= 11 is 5.10. The van der Waals surface area contributed by atoms with Gasteiger partial charge in [0, 0.05) is 29.5 Å². The molecule has 134 valence electrons. The summed E-state index contributed by atoms with van der Waals surface area (Å²) in [6.07, 6.45) is 2.96. The zero-order valence-electron chi connectivity index (χ0n) is 14.2. The van der Waals surface area contributed by atoms with Crippen LogP contribution in [0.25, 0.3) is 6.08 Å². The molecule has 0 saturated carbocycles. The van der Waals surface area contributed by atoms with Gasteiger partial charge in [-0.15, -0.1) is 0 Å². The van der Waals surface area contributed by atoms with Crippen LogP contribution in [0.3, 0.4) is 0 Å². The average Bonchev–Trinajstić information content (AvgIpc) is 2.61. The maximum atomic E-state index is 12.0. The number of amides is 1. The highest BCUT2D eigenvalue weighted by molar-refractivity contribution is 7.80. The Labute approximate surface area is 155 Å². The van der Waals surface area contributed by atoms with E-state index in [4.69, 9.17) is 17.0 Å². The Kier molecular flexibility index (Phi) is 6.40. The third-order valence-electron chi connectivity index (χ3n) is 3.46. The molecule has 0 heterocycles. The summed E-state index contributed by atoms with van der Waals surface area (Å²) in [6, 6.07) is 11.6. The van der Waals surface area contributed by atoms with Crippen LogP contribution < -0.4 is 15.4 Å². The number of para-hydroxylation sites is 1. The van der Waals surface area contributed by atoms with E-state index in [-0.39, 0.29) is 10.8 Å². The van der Waals surface area contributed by atoms with E-state index >= 15 is 0 Å². The summed E-state index contributed by atoms with van der Waals surface area (Å²) in [6.45, 7) is 1.71. The van der Waals surface area contributed by atoms with E-state index in [0.29, 0.717) is 17.0 Å². The number of thiocarbonyl (C=S) groups is 1. The molecule has 7 nitrogen and oxygen atoms in total. The number of methoxy groups -OCH3 is 1. The maximum Gasteiger partial charge on any atom is 0.269 e. The Hall–Kier alpha value is -3.26. The van der Waals surface area contributed by atoms with Crippen LogP contribution in [0.5, 0.6) is 5.75 Å². The Balaban J connectivity index is 1.98. The van der Waals surface area contributed by atoms with Gasteiger partial charge in [-0.05, 0) is 42.9 Å². The summed E-state index contributed by atoms with van der Waals surface area (Å²) in [5.41, 5.74) is 1.97. The van der Waals surface area contributed by atoms with Gasteiger partial charge in [0.2, 0.25) is 5.91 Å². The largest absolute Gasteiger partial charge is 0.496 e. The lowest BCUT2D eigenvalue weighted by Gasteiger charge is -2.10. The summed E-state index contributed by atoms with van der Waals surface area (Å²) in [5.74, 6) is 0.242. The monoisotopic (exact) mass is 371 g/mol. The van der Waals surface area contributed by atoms with Crippen molar-refractivity contribution in [3.05, 3.63) is 69.8 Å². The third-order valence-corrected chi connectivity index (χ3v) is 3.66. The van der Waals surface area contributed by atoms with Gasteiger partial charge in [0.15, 0.2) is 5.11 Å². The summed E-state index contributed by atoms with van der Waals surface area (Å²) in [4.78, 5) is 22.3. The van der Waals surface area contributed by atoms with Crippen LogP contribution >= 0.6 is 12.2 Å². The van der Waals surface area contributed by atoms with Crippen LogP contribution in [0.2, 0.25) is 0 Å². The molecule has 0 spiro atoms. The number of carbonyl (C=O) groups is 1. The fourth-order valence-corrected chi connectivity index (χ4v) is 2.39. The second-order valence-electron chi connectivity index (χ2n) is 5.27. The van der Waals surface area contributed by atoms with E-state index < -0.39 is 10.8 Å². The molecule has 0 saturated heterocycles. The Morgan fingerprint density at radius 2 is 2.00 bits per heavy atom. The van der Waals surface area contributed by atoms with Gasteiger partial charge in [0.1, 0.15) is 5.75 Å². The molecule has 0 aliphatic rings. The van der Waals surface area contributed by atoms with Crippen molar-refractivity contribution >= 4 is 40.7 Å². The molecular weight excluding hydrogens is 354 g/mol. The molecule has 2 rings (SSSR count). The summed E-state index contributed by atoms with van der Waals surface area (Å²) < 4.78 is 5.21. The first-order valence-corrected chi connectivity index (χ1v) is 7.99. The van der Waals surface area contributed by atoms with Crippen LogP contribution in [0.4, 0.5) is 11.4 Å². The van der Waals surface area contributed by atoms with Crippen LogP contribution in [0.15, 0.2) is 48.5 Å². The molecule has 2 aromatic carbocycles. The summed E-state index contributed by atoms with van der Waals surface area (Å²) in [5, 5.41) is 16.2.